The van der Waals surface area contributed by atoms with E-state index in [1.807, 2.05) is 0 Å². The molecule has 3 rings (SSSR count). The van der Waals surface area contributed by atoms with Gasteiger partial charge >= 0.3 is 5.97 Å². The van der Waals surface area contributed by atoms with Gasteiger partial charge in [-0.05, 0) is 42.3 Å². The molecule has 142 valence electrons. The number of esters is 1. The van der Waals surface area contributed by atoms with Gasteiger partial charge in [-0.3, -0.25) is 0 Å². The molecule has 0 spiro atoms. The van der Waals surface area contributed by atoms with E-state index in [1.54, 1.807) is 24.4 Å². The van der Waals surface area contributed by atoms with E-state index in [0.717, 1.165) is 7.11 Å². The standard InChI is InChI=1S/C19H18FNO5S/c1-12-16(17(22)19(23)26-2)21-10-4-3-5-15(21)18(12)27(24,25)11-13-6-8-14(20)9-7-13/h3-10,17,22H,11H2,1-2H3. The molecular weight excluding hydrogens is 373 g/mol. The number of sulfone groups is 1. The Morgan fingerprint density at radius 1 is 1.22 bits per heavy atom. The highest BCUT2D eigenvalue weighted by atomic mass is 32.2. The third-order valence-corrected chi connectivity index (χ3v) is 6.19. The molecule has 0 aliphatic heterocycles. The zero-order chi connectivity index (χ0) is 19.8. The fraction of sp³-hybridized carbons (Fsp3) is 0.211. The normalized spacial score (nSPS) is 12.9. The Labute approximate surface area is 155 Å². The summed E-state index contributed by atoms with van der Waals surface area (Å²) in [6.45, 7) is 1.53. The maximum Gasteiger partial charge on any atom is 0.340 e. The van der Waals surface area contributed by atoms with E-state index in [9.17, 15) is 22.7 Å². The molecule has 1 N–H and O–H groups in total. The van der Waals surface area contributed by atoms with Crippen LogP contribution in [0.4, 0.5) is 4.39 Å². The number of aliphatic hydroxyl groups excluding tert-OH is 1. The number of benzene rings is 1. The van der Waals surface area contributed by atoms with Crippen LogP contribution in [0.5, 0.6) is 0 Å². The summed E-state index contributed by atoms with van der Waals surface area (Å²) in [4.78, 5) is 11.8. The monoisotopic (exact) mass is 391 g/mol. The van der Waals surface area contributed by atoms with Gasteiger partial charge in [0.1, 0.15) is 5.82 Å². The van der Waals surface area contributed by atoms with Crippen molar-refractivity contribution in [3.63, 3.8) is 0 Å². The zero-order valence-electron chi connectivity index (χ0n) is 14.7. The fourth-order valence-corrected chi connectivity index (χ4v) is 4.98. The van der Waals surface area contributed by atoms with Crippen LogP contribution in [0.15, 0.2) is 53.6 Å². The number of hydrogen-bond acceptors (Lipinski definition) is 5. The lowest BCUT2D eigenvalue weighted by molar-refractivity contribution is -0.151. The molecule has 1 atom stereocenters. The molecule has 3 aromatic rings. The molecule has 0 radical (unpaired) electrons. The summed E-state index contributed by atoms with van der Waals surface area (Å²) < 4.78 is 45.3. The third-order valence-electron chi connectivity index (χ3n) is 4.34. The van der Waals surface area contributed by atoms with Crippen molar-refractivity contribution in [2.75, 3.05) is 7.11 Å². The van der Waals surface area contributed by atoms with Gasteiger partial charge in [0, 0.05) is 6.20 Å². The molecule has 27 heavy (non-hydrogen) atoms. The number of carbonyl (C=O) groups excluding carboxylic acids is 1. The van der Waals surface area contributed by atoms with Crippen molar-refractivity contribution in [1.82, 2.24) is 4.40 Å². The lowest BCUT2D eigenvalue weighted by Crippen LogP contribution is -2.16. The average molecular weight is 391 g/mol. The van der Waals surface area contributed by atoms with E-state index in [-0.39, 0.29) is 21.9 Å². The quantitative estimate of drug-likeness (QED) is 0.676. The summed E-state index contributed by atoms with van der Waals surface area (Å²) in [7, 11) is -2.69. The van der Waals surface area contributed by atoms with Gasteiger partial charge in [-0.15, -0.1) is 0 Å². The minimum Gasteiger partial charge on any atom is -0.467 e. The summed E-state index contributed by atoms with van der Waals surface area (Å²) in [5, 5.41) is 10.3. The lowest BCUT2D eigenvalue weighted by atomic mass is 10.2. The fourth-order valence-electron chi connectivity index (χ4n) is 3.15. The first-order valence-electron chi connectivity index (χ1n) is 8.09. The van der Waals surface area contributed by atoms with Crippen molar-refractivity contribution in [3.8, 4) is 0 Å². The number of pyridine rings is 1. The van der Waals surface area contributed by atoms with Crippen molar-refractivity contribution in [1.29, 1.82) is 0 Å². The molecular formula is C19H18FNO5S. The van der Waals surface area contributed by atoms with Crippen molar-refractivity contribution in [2.24, 2.45) is 0 Å². The maximum atomic E-state index is 13.1. The summed E-state index contributed by atoms with van der Waals surface area (Å²) in [5.74, 6) is -1.68. The highest BCUT2D eigenvalue weighted by Gasteiger charge is 2.31. The van der Waals surface area contributed by atoms with Gasteiger partial charge in [-0.2, -0.15) is 0 Å². The van der Waals surface area contributed by atoms with Crippen LogP contribution in [0.2, 0.25) is 0 Å². The molecule has 0 fully saturated rings. The maximum absolute atomic E-state index is 13.1. The van der Waals surface area contributed by atoms with Gasteiger partial charge in [-0.1, -0.05) is 18.2 Å². The van der Waals surface area contributed by atoms with Crippen LogP contribution >= 0.6 is 0 Å². The van der Waals surface area contributed by atoms with Crippen molar-refractivity contribution < 1.29 is 27.4 Å². The van der Waals surface area contributed by atoms with E-state index < -0.39 is 27.7 Å². The highest BCUT2D eigenvalue weighted by Crippen LogP contribution is 2.33. The number of fused-ring (bicyclic) bond motifs is 1. The number of aliphatic hydroxyl groups is 1. The first kappa shape index (κ1) is 19.1. The first-order valence-corrected chi connectivity index (χ1v) is 9.74. The van der Waals surface area contributed by atoms with Gasteiger partial charge < -0.3 is 14.2 Å². The van der Waals surface area contributed by atoms with Crippen LogP contribution in [0.1, 0.15) is 22.9 Å². The van der Waals surface area contributed by atoms with Crippen molar-refractivity contribution in [3.05, 3.63) is 71.3 Å². The van der Waals surface area contributed by atoms with E-state index in [2.05, 4.69) is 4.74 Å². The number of carbonyl (C=O) groups is 1. The summed E-state index contributed by atoms with van der Waals surface area (Å²) >= 11 is 0. The first-order chi connectivity index (χ1) is 12.8. The predicted octanol–water partition coefficient (Wildman–Crippen LogP) is 2.57. The Balaban J connectivity index is 2.18. The van der Waals surface area contributed by atoms with Crippen LogP contribution in [-0.4, -0.2) is 31.0 Å². The lowest BCUT2D eigenvalue weighted by Gasteiger charge is -2.10. The number of nitrogens with zero attached hydrogens (tertiary/aromatic N) is 1. The predicted molar refractivity (Wildman–Crippen MR) is 96.4 cm³/mol. The highest BCUT2D eigenvalue weighted by molar-refractivity contribution is 7.91. The van der Waals surface area contributed by atoms with Crippen LogP contribution < -0.4 is 0 Å². The smallest absolute Gasteiger partial charge is 0.340 e. The average Bonchev–Trinajstić information content (AvgIpc) is 2.94. The summed E-state index contributed by atoms with van der Waals surface area (Å²) in [6.07, 6.45) is -0.0551. The second-order valence-corrected chi connectivity index (χ2v) is 8.03. The number of hydrogen-bond donors (Lipinski definition) is 1. The third kappa shape index (κ3) is 3.45. The number of rotatable bonds is 5. The second-order valence-electron chi connectivity index (χ2n) is 6.11. The molecule has 2 heterocycles. The Morgan fingerprint density at radius 3 is 2.52 bits per heavy atom. The number of ether oxygens (including phenoxy) is 1. The van der Waals surface area contributed by atoms with E-state index >= 15 is 0 Å². The van der Waals surface area contributed by atoms with Gasteiger partial charge in [0.2, 0.25) is 0 Å². The summed E-state index contributed by atoms with van der Waals surface area (Å²) in [6, 6.07) is 10.1. The molecule has 8 heteroatoms. The molecule has 0 saturated carbocycles. The molecule has 1 aromatic carbocycles. The second kappa shape index (κ2) is 7.13. The Bertz CT molecular complexity index is 1100. The van der Waals surface area contributed by atoms with Gasteiger partial charge in [0.25, 0.3) is 0 Å². The van der Waals surface area contributed by atoms with Crippen LogP contribution in [0, 0.1) is 12.7 Å². The molecule has 6 nitrogen and oxygen atoms in total. The molecule has 0 aliphatic carbocycles. The SMILES string of the molecule is COC(=O)C(O)c1c(C)c(S(=O)(=O)Cc2ccc(F)cc2)c2ccccn12. The van der Waals surface area contributed by atoms with Gasteiger partial charge in [-0.25, -0.2) is 17.6 Å². The molecule has 2 aromatic heterocycles. The molecule has 1 unspecified atom stereocenters. The largest absolute Gasteiger partial charge is 0.467 e. The number of halogens is 1. The minimum absolute atomic E-state index is 0.0189. The Kier molecular flexibility index (Phi) is 5.03. The van der Waals surface area contributed by atoms with Crippen LogP contribution in [0.3, 0.4) is 0 Å². The van der Waals surface area contributed by atoms with E-state index in [1.165, 1.54) is 35.6 Å². The Morgan fingerprint density at radius 2 is 1.89 bits per heavy atom. The minimum atomic E-state index is -3.84. The van der Waals surface area contributed by atoms with Crippen molar-refractivity contribution in [2.45, 2.75) is 23.7 Å². The van der Waals surface area contributed by atoms with E-state index in [4.69, 9.17) is 0 Å². The number of methoxy groups -OCH3 is 1. The van der Waals surface area contributed by atoms with Gasteiger partial charge in [0.05, 0.1) is 29.0 Å². The molecule has 0 amide bonds. The molecule has 0 bridgehead atoms. The van der Waals surface area contributed by atoms with E-state index in [0.29, 0.717) is 11.1 Å². The van der Waals surface area contributed by atoms with Crippen molar-refractivity contribution >= 4 is 21.3 Å². The van der Waals surface area contributed by atoms with Crippen LogP contribution in [0.25, 0.3) is 5.52 Å². The zero-order valence-corrected chi connectivity index (χ0v) is 15.5. The number of aromatic nitrogens is 1. The summed E-state index contributed by atoms with van der Waals surface area (Å²) in [5.41, 5.74) is 1.17. The molecule has 0 saturated heterocycles. The van der Waals surface area contributed by atoms with Crippen LogP contribution in [-0.2, 0) is 25.1 Å². The molecule has 0 aliphatic rings. The topological polar surface area (TPSA) is 85.1 Å². The Hall–Kier alpha value is -2.71. The van der Waals surface area contributed by atoms with Gasteiger partial charge in [0.15, 0.2) is 15.9 Å².